The molecule has 0 N–H and O–H groups in total. The van der Waals surface area contributed by atoms with E-state index in [1.165, 1.54) is 47.8 Å². The van der Waals surface area contributed by atoms with Gasteiger partial charge in [-0.05, 0) is 48.5 Å². The Morgan fingerprint density at radius 3 is 2.00 bits per heavy atom. The zero-order valence-electron chi connectivity index (χ0n) is 16.4. The average molecular weight is 442 g/mol. The zero-order valence-corrected chi connectivity index (χ0v) is 18.0. The lowest BCUT2D eigenvalue weighted by atomic mass is 10.2. The highest BCUT2D eigenvalue weighted by Crippen LogP contribution is 2.20. The van der Waals surface area contributed by atoms with Crippen LogP contribution in [-0.2, 0) is 24.6 Å². The molecule has 0 amide bonds. The summed E-state index contributed by atoms with van der Waals surface area (Å²) in [5.41, 5.74) is 0.753. The molecule has 0 fully saturated rings. The van der Waals surface area contributed by atoms with Crippen molar-refractivity contribution in [1.82, 2.24) is 0 Å². The van der Waals surface area contributed by atoms with E-state index < -0.39 is 25.8 Å². The molecule has 0 saturated carbocycles. The predicted molar refractivity (Wildman–Crippen MR) is 110 cm³/mol. The van der Waals surface area contributed by atoms with Gasteiger partial charge in [0.15, 0.2) is 9.84 Å². The van der Waals surface area contributed by atoms with E-state index in [4.69, 9.17) is 4.74 Å². The molecule has 2 rings (SSSR count). The number of anilines is 1. The average Bonchev–Trinajstić information content (AvgIpc) is 2.66. The minimum absolute atomic E-state index is 0.178. The van der Waals surface area contributed by atoms with Gasteiger partial charge >= 0.3 is 5.97 Å². The van der Waals surface area contributed by atoms with Crippen molar-refractivity contribution in [2.24, 2.45) is 0 Å². The number of nitrogens with zero attached hydrogens (tertiary/aromatic N) is 1. The van der Waals surface area contributed by atoms with Gasteiger partial charge in [-0.2, -0.15) is 0 Å². The Kier molecular flexibility index (Phi) is 7.26. The second kappa shape index (κ2) is 9.27. The van der Waals surface area contributed by atoms with E-state index in [2.05, 4.69) is 4.74 Å². The number of carbonyl (C=O) groups excluding carboxylic acids is 1. The third-order valence-corrected chi connectivity index (χ3v) is 6.33. The summed E-state index contributed by atoms with van der Waals surface area (Å²) in [7, 11) is -5.53. The van der Waals surface area contributed by atoms with Crippen LogP contribution in [0.4, 0.5) is 5.69 Å². The fraction of sp³-hybridized carbons (Fsp3) is 0.316. The molecule has 8 nitrogen and oxygen atoms in total. The third kappa shape index (κ3) is 6.47. The quantitative estimate of drug-likeness (QED) is 0.433. The molecule has 29 heavy (non-hydrogen) atoms. The number of hydrogen-bond donors (Lipinski definition) is 0. The monoisotopic (exact) mass is 441 g/mol. The summed E-state index contributed by atoms with van der Waals surface area (Å²) in [5.74, 6) is -0.0107. The van der Waals surface area contributed by atoms with Gasteiger partial charge in [0.25, 0.3) is 0 Å². The van der Waals surface area contributed by atoms with Crippen molar-refractivity contribution in [2.75, 3.05) is 37.1 Å². The second-order valence-electron chi connectivity index (χ2n) is 6.32. The largest absolute Gasteiger partial charge is 0.494 e. The Bertz CT molecular complexity index is 1040. The Balaban J connectivity index is 1.99. The molecule has 0 saturated heterocycles. The number of carbonyl (C=O) groups is 1. The van der Waals surface area contributed by atoms with Crippen LogP contribution in [0.5, 0.6) is 5.75 Å². The molecule has 0 heterocycles. The third-order valence-electron chi connectivity index (χ3n) is 4.00. The molecule has 0 atom stereocenters. The molecule has 0 unspecified atom stereocenters. The molecule has 158 valence electrons. The van der Waals surface area contributed by atoms with Crippen molar-refractivity contribution in [3.05, 3.63) is 54.1 Å². The van der Waals surface area contributed by atoms with E-state index >= 15 is 0 Å². The first kappa shape index (κ1) is 22.7. The van der Waals surface area contributed by atoms with Crippen LogP contribution in [0.2, 0.25) is 0 Å². The SMILES string of the molecule is COC(=O)c1ccc(N(CCCOc2ccc(S(C)(=O)=O)cc2)S(C)(=O)=O)cc1. The first-order chi connectivity index (χ1) is 13.5. The maximum absolute atomic E-state index is 12.1. The molecular weight excluding hydrogens is 418 g/mol. The van der Waals surface area contributed by atoms with E-state index in [0.717, 1.165) is 12.5 Å². The first-order valence-electron chi connectivity index (χ1n) is 8.61. The highest BCUT2D eigenvalue weighted by Gasteiger charge is 2.18. The van der Waals surface area contributed by atoms with Gasteiger partial charge in [0, 0.05) is 19.2 Å². The lowest BCUT2D eigenvalue weighted by Crippen LogP contribution is -2.31. The van der Waals surface area contributed by atoms with Gasteiger partial charge in [-0.15, -0.1) is 0 Å². The summed E-state index contributed by atoms with van der Waals surface area (Å²) in [6.45, 7) is 0.419. The molecule has 2 aromatic carbocycles. The van der Waals surface area contributed by atoms with Crippen LogP contribution in [0.25, 0.3) is 0 Å². The molecule has 0 aliphatic rings. The summed E-state index contributed by atoms with van der Waals surface area (Å²) in [4.78, 5) is 11.7. The molecule has 0 aliphatic heterocycles. The lowest BCUT2D eigenvalue weighted by Gasteiger charge is -2.22. The zero-order chi connectivity index (χ0) is 21.7. The van der Waals surface area contributed by atoms with Crippen LogP contribution in [-0.4, -0.2) is 55.6 Å². The van der Waals surface area contributed by atoms with E-state index in [1.54, 1.807) is 12.1 Å². The Hall–Kier alpha value is -2.59. The Morgan fingerprint density at radius 2 is 1.52 bits per heavy atom. The fourth-order valence-electron chi connectivity index (χ4n) is 2.55. The van der Waals surface area contributed by atoms with Crippen LogP contribution < -0.4 is 9.04 Å². The van der Waals surface area contributed by atoms with Crippen molar-refractivity contribution >= 4 is 31.5 Å². The summed E-state index contributed by atoms with van der Waals surface area (Å²) in [6.07, 6.45) is 2.63. The Morgan fingerprint density at radius 1 is 0.931 bits per heavy atom. The van der Waals surface area contributed by atoms with Gasteiger partial charge in [0.1, 0.15) is 5.75 Å². The van der Waals surface area contributed by atoms with Crippen LogP contribution in [0.1, 0.15) is 16.8 Å². The summed E-state index contributed by atoms with van der Waals surface area (Å²) >= 11 is 0. The predicted octanol–water partition coefficient (Wildman–Crippen LogP) is 2.11. The van der Waals surface area contributed by atoms with Gasteiger partial charge in [-0.25, -0.2) is 21.6 Å². The summed E-state index contributed by atoms with van der Waals surface area (Å²) in [6, 6.07) is 12.1. The number of sulfone groups is 1. The maximum atomic E-state index is 12.1. The molecule has 0 aromatic heterocycles. The standard InChI is InChI=1S/C19H23NO7S2/c1-26-19(21)15-5-7-16(8-6-15)20(29(3,24)25)13-4-14-27-17-9-11-18(12-10-17)28(2,22)23/h5-12H,4,13-14H2,1-3H3. The summed E-state index contributed by atoms with van der Waals surface area (Å²) < 4.78 is 58.6. The van der Waals surface area contributed by atoms with Crippen molar-refractivity contribution in [3.63, 3.8) is 0 Å². The number of rotatable bonds is 9. The van der Waals surface area contributed by atoms with Crippen LogP contribution >= 0.6 is 0 Å². The highest BCUT2D eigenvalue weighted by atomic mass is 32.2. The van der Waals surface area contributed by atoms with Gasteiger partial charge in [-0.3, -0.25) is 4.31 Å². The van der Waals surface area contributed by atoms with E-state index in [1.807, 2.05) is 0 Å². The lowest BCUT2D eigenvalue weighted by molar-refractivity contribution is 0.0600. The molecule has 0 spiro atoms. The van der Waals surface area contributed by atoms with Crippen LogP contribution in [0.15, 0.2) is 53.4 Å². The Labute approximate surface area is 171 Å². The van der Waals surface area contributed by atoms with Crippen molar-refractivity contribution in [1.29, 1.82) is 0 Å². The molecule has 0 radical (unpaired) electrons. The van der Waals surface area contributed by atoms with Gasteiger partial charge in [-0.1, -0.05) is 0 Å². The topological polar surface area (TPSA) is 107 Å². The number of sulfonamides is 1. The molecule has 2 aromatic rings. The second-order valence-corrected chi connectivity index (χ2v) is 10.2. The number of benzene rings is 2. The van der Waals surface area contributed by atoms with Crippen molar-refractivity contribution in [3.8, 4) is 5.75 Å². The van der Waals surface area contributed by atoms with E-state index in [0.29, 0.717) is 23.4 Å². The number of methoxy groups -OCH3 is 1. The van der Waals surface area contributed by atoms with E-state index in [9.17, 15) is 21.6 Å². The first-order valence-corrected chi connectivity index (χ1v) is 12.4. The minimum Gasteiger partial charge on any atom is -0.494 e. The van der Waals surface area contributed by atoms with Crippen LogP contribution in [0, 0.1) is 0 Å². The molecule has 10 heteroatoms. The number of esters is 1. The molecule has 0 bridgehead atoms. The van der Waals surface area contributed by atoms with Gasteiger partial charge < -0.3 is 9.47 Å². The normalized spacial score (nSPS) is 11.7. The maximum Gasteiger partial charge on any atom is 0.337 e. The molecular formula is C19H23NO7S2. The fourth-order valence-corrected chi connectivity index (χ4v) is 4.15. The van der Waals surface area contributed by atoms with Crippen molar-refractivity contribution < 1.29 is 31.1 Å². The van der Waals surface area contributed by atoms with Crippen LogP contribution in [0.3, 0.4) is 0 Å². The number of ether oxygens (including phenoxy) is 2. The van der Waals surface area contributed by atoms with Gasteiger partial charge in [0.05, 0.1) is 36.1 Å². The van der Waals surface area contributed by atoms with Crippen molar-refractivity contribution in [2.45, 2.75) is 11.3 Å². The number of hydrogen-bond acceptors (Lipinski definition) is 7. The van der Waals surface area contributed by atoms with E-state index in [-0.39, 0.29) is 18.0 Å². The molecule has 0 aliphatic carbocycles. The van der Waals surface area contributed by atoms with Gasteiger partial charge in [0.2, 0.25) is 10.0 Å². The summed E-state index contributed by atoms with van der Waals surface area (Å²) in [5, 5.41) is 0. The highest BCUT2D eigenvalue weighted by molar-refractivity contribution is 7.92. The smallest absolute Gasteiger partial charge is 0.337 e. The minimum atomic E-state index is -3.53.